The van der Waals surface area contributed by atoms with Crippen LogP contribution in [-0.2, 0) is 9.84 Å². The van der Waals surface area contributed by atoms with E-state index in [4.69, 9.17) is 0 Å². The molecule has 2 rings (SSSR count). The number of carbonyl (C=O) groups is 1. The first-order valence-corrected chi connectivity index (χ1v) is 10.8. The first-order valence-electron chi connectivity index (χ1n) is 8.96. The second-order valence-electron chi connectivity index (χ2n) is 7.97. The van der Waals surface area contributed by atoms with E-state index in [9.17, 15) is 13.2 Å². The first-order chi connectivity index (χ1) is 10.7. The minimum absolute atomic E-state index is 0.0231. The van der Waals surface area contributed by atoms with Crippen molar-refractivity contribution >= 4 is 15.9 Å². The minimum Gasteiger partial charge on any atom is -0.337 e. The van der Waals surface area contributed by atoms with E-state index in [0.717, 1.165) is 0 Å². The molecule has 0 bridgehead atoms. The molecule has 1 N–H and O–H groups in total. The van der Waals surface area contributed by atoms with Crippen LogP contribution in [0.2, 0.25) is 0 Å². The van der Waals surface area contributed by atoms with Gasteiger partial charge < -0.3 is 10.2 Å². The van der Waals surface area contributed by atoms with Gasteiger partial charge in [0.1, 0.15) is 0 Å². The van der Waals surface area contributed by atoms with Crippen molar-refractivity contribution < 1.29 is 13.2 Å². The highest BCUT2D eigenvalue weighted by Gasteiger charge is 2.33. The van der Waals surface area contributed by atoms with Crippen LogP contribution in [0.25, 0.3) is 0 Å². The average Bonchev–Trinajstić information content (AvgIpc) is 2.65. The van der Waals surface area contributed by atoms with E-state index in [1.54, 1.807) is 4.90 Å². The Balaban J connectivity index is 1.90. The summed E-state index contributed by atoms with van der Waals surface area (Å²) in [5.74, 6) is 0.931. The van der Waals surface area contributed by atoms with E-state index in [0.29, 0.717) is 25.4 Å². The highest BCUT2D eigenvalue weighted by atomic mass is 32.2. The van der Waals surface area contributed by atoms with Gasteiger partial charge in [0, 0.05) is 19.1 Å². The maximum absolute atomic E-state index is 12.5. The van der Waals surface area contributed by atoms with E-state index in [1.165, 1.54) is 32.1 Å². The number of sulfone groups is 1. The molecule has 6 heteroatoms. The largest absolute Gasteiger partial charge is 0.337 e. The van der Waals surface area contributed by atoms with Gasteiger partial charge in [-0.05, 0) is 37.5 Å². The summed E-state index contributed by atoms with van der Waals surface area (Å²) in [4.78, 5) is 14.2. The number of urea groups is 1. The van der Waals surface area contributed by atoms with Gasteiger partial charge in [-0.15, -0.1) is 0 Å². The molecule has 1 aliphatic heterocycles. The highest BCUT2D eigenvalue weighted by Crippen LogP contribution is 2.37. The normalized spacial score (nSPS) is 26.6. The summed E-state index contributed by atoms with van der Waals surface area (Å²) >= 11 is 0. The van der Waals surface area contributed by atoms with Crippen LogP contribution in [0.1, 0.15) is 59.3 Å². The summed E-state index contributed by atoms with van der Waals surface area (Å²) in [7, 11) is -3.00. The van der Waals surface area contributed by atoms with Crippen molar-refractivity contribution in [2.75, 3.05) is 24.6 Å². The summed E-state index contributed by atoms with van der Waals surface area (Å²) in [6.45, 7) is 7.37. The predicted molar refractivity (Wildman–Crippen MR) is 93.2 cm³/mol. The van der Waals surface area contributed by atoms with Crippen LogP contribution in [0.3, 0.4) is 0 Å². The smallest absolute Gasteiger partial charge is 0.317 e. The minimum atomic E-state index is -3.00. The van der Waals surface area contributed by atoms with Crippen LogP contribution in [0, 0.1) is 11.3 Å². The van der Waals surface area contributed by atoms with Gasteiger partial charge in [-0.3, -0.25) is 0 Å². The Morgan fingerprint density at radius 1 is 1.13 bits per heavy atom. The van der Waals surface area contributed by atoms with Crippen LogP contribution < -0.4 is 5.32 Å². The number of hydrogen-bond donors (Lipinski definition) is 1. The molecule has 1 atom stereocenters. The maximum Gasteiger partial charge on any atom is 0.317 e. The lowest BCUT2D eigenvalue weighted by Crippen LogP contribution is -2.49. The molecular weight excluding hydrogens is 312 g/mol. The van der Waals surface area contributed by atoms with Crippen LogP contribution >= 0.6 is 0 Å². The molecule has 0 aromatic rings. The summed E-state index contributed by atoms with van der Waals surface area (Å²) in [6, 6.07) is -0.136. The van der Waals surface area contributed by atoms with E-state index >= 15 is 0 Å². The van der Waals surface area contributed by atoms with E-state index in [1.807, 2.05) is 6.92 Å². The van der Waals surface area contributed by atoms with Gasteiger partial charge in [0.15, 0.2) is 9.84 Å². The molecule has 1 heterocycles. The molecule has 0 spiro atoms. The van der Waals surface area contributed by atoms with Crippen molar-refractivity contribution in [1.29, 1.82) is 0 Å². The lowest BCUT2D eigenvalue weighted by atomic mass is 9.71. The molecule has 1 aliphatic carbocycles. The van der Waals surface area contributed by atoms with Gasteiger partial charge >= 0.3 is 6.03 Å². The second kappa shape index (κ2) is 7.41. The zero-order valence-corrected chi connectivity index (χ0v) is 15.6. The second-order valence-corrected chi connectivity index (χ2v) is 10.3. The number of hydrogen-bond acceptors (Lipinski definition) is 3. The summed E-state index contributed by atoms with van der Waals surface area (Å²) in [6.07, 6.45) is 6.95. The predicted octanol–water partition coefficient (Wildman–Crippen LogP) is 2.81. The first kappa shape index (κ1) is 18.6. The van der Waals surface area contributed by atoms with Gasteiger partial charge in [0.05, 0.1) is 11.5 Å². The third-order valence-corrected chi connectivity index (χ3v) is 7.35. The van der Waals surface area contributed by atoms with Crippen LogP contribution in [-0.4, -0.2) is 50.0 Å². The fourth-order valence-corrected chi connectivity index (χ4v) is 5.18. The quantitative estimate of drug-likeness (QED) is 0.856. The third kappa shape index (κ3) is 5.10. The molecule has 0 aromatic carbocycles. The van der Waals surface area contributed by atoms with E-state index in [-0.39, 0.29) is 29.0 Å². The zero-order valence-electron chi connectivity index (χ0n) is 14.8. The zero-order chi connectivity index (χ0) is 17.1. The fourth-order valence-electron chi connectivity index (χ4n) is 3.80. The molecule has 0 aromatic heterocycles. The number of nitrogens with one attached hydrogen (secondary N) is 1. The lowest BCUT2D eigenvalue weighted by Gasteiger charge is -2.38. The van der Waals surface area contributed by atoms with Crippen molar-refractivity contribution in [3.05, 3.63) is 0 Å². The number of nitrogens with zero attached hydrogens (tertiary/aromatic N) is 1. The molecule has 0 radical (unpaired) electrons. The molecule has 2 aliphatic rings. The molecule has 1 saturated carbocycles. The van der Waals surface area contributed by atoms with Crippen LogP contribution in [0.15, 0.2) is 0 Å². The van der Waals surface area contributed by atoms with Gasteiger partial charge in [-0.1, -0.05) is 33.1 Å². The summed E-state index contributed by atoms with van der Waals surface area (Å²) < 4.78 is 23.5. The molecule has 2 fully saturated rings. The van der Waals surface area contributed by atoms with Gasteiger partial charge in [0.2, 0.25) is 0 Å². The Kier molecular flexibility index (Phi) is 5.98. The summed E-state index contributed by atoms with van der Waals surface area (Å²) in [5, 5.41) is 3.07. The van der Waals surface area contributed by atoms with Crippen molar-refractivity contribution in [1.82, 2.24) is 10.2 Å². The van der Waals surface area contributed by atoms with Crippen molar-refractivity contribution in [2.45, 2.75) is 65.3 Å². The van der Waals surface area contributed by atoms with E-state index in [2.05, 4.69) is 19.2 Å². The third-order valence-electron chi connectivity index (χ3n) is 5.69. The molecule has 134 valence electrons. The Labute approximate surface area is 141 Å². The number of amides is 2. The highest BCUT2D eigenvalue weighted by molar-refractivity contribution is 7.91. The monoisotopic (exact) mass is 344 g/mol. The number of rotatable bonds is 3. The van der Waals surface area contributed by atoms with Gasteiger partial charge in [-0.2, -0.15) is 0 Å². The standard InChI is InChI=1S/C17H32N2O3S/c1-14-9-11-23(21,22)12-10-19(14)16(20)18-13-17(2,3)15-7-5-4-6-8-15/h14-15H,4-13H2,1-3H3,(H,18,20)/t14-/m1/s1. The number of carbonyl (C=O) groups excluding carboxylic acids is 1. The Morgan fingerprint density at radius 2 is 1.78 bits per heavy atom. The van der Waals surface area contributed by atoms with Crippen molar-refractivity contribution in [3.8, 4) is 0 Å². The maximum atomic E-state index is 12.5. The topological polar surface area (TPSA) is 66.5 Å². The Bertz CT molecular complexity index is 510. The Hall–Kier alpha value is -0.780. The van der Waals surface area contributed by atoms with Crippen LogP contribution in [0.4, 0.5) is 4.79 Å². The summed E-state index contributed by atoms with van der Waals surface area (Å²) in [5.41, 5.74) is 0.0945. The fraction of sp³-hybridized carbons (Fsp3) is 0.941. The molecule has 23 heavy (non-hydrogen) atoms. The van der Waals surface area contributed by atoms with Crippen molar-refractivity contribution in [3.63, 3.8) is 0 Å². The molecule has 0 unspecified atom stereocenters. The van der Waals surface area contributed by atoms with Crippen LogP contribution in [0.5, 0.6) is 0 Å². The van der Waals surface area contributed by atoms with Gasteiger partial charge in [0.25, 0.3) is 0 Å². The Morgan fingerprint density at radius 3 is 2.43 bits per heavy atom. The molecule has 1 saturated heterocycles. The average molecular weight is 345 g/mol. The lowest BCUT2D eigenvalue weighted by molar-refractivity contribution is 0.142. The van der Waals surface area contributed by atoms with E-state index < -0.39 is 9.84 Å². The van der Waals surface area contributed by atoms with Gasteiger partial charge in [-0.25, -0.2) is 13.2 Å². The molecule has 2 amide bonds. The SMILES string of the molecule is C[C@@H]1CCS(=O)(=O)CCN1C(=O)NCC(C)(C)C1CCCCC1. The van der Waals surface area contributed by atoms with Crippen molar-refractivity contribution in [2.24, 2.45) is 11.3 Å². The molecular formula is C17H32N2O3S. The molecule has 5 nitrogen and oxygen atoms in total.